The van der Waals surface area contributed by atoms with Gasteiger partial charge in [0.2, 0.25) is 5.91 Å². The molecule has 26 heavy (non-hydrogen) atoms. The maximum absolute atomic E-state index is 12.5. The first kappa shape index (κ1) is 19.2. The van der Waals surface area contributed by atoms with Gasteiger partial charge in [-0.3, -0.25) is 14.8 Å². The number of aryl methyl sites for hydroxylation is 1. The van der Waals surface area contributed by atoms with E-state index in [0.717, 1.165) is 63.6 Å². The van der Waals surface area contributed by atoms with Crippen LogP contribution in [0.25, 0.3) is 0 Å². The summed E-state index contributed by atoms with van der Waals surface area (Å²) in [6.07, 6.45) is 8.72. The van der Waals surface area contributed by atoms with Gasteiger partial charge in [0, 0.05) is 44.3 Å². The lowest BCUT2D eigenvalue weighted by Gasteiger charge is -2.48. The minimum absolute atomic E-state index is 0.231. The Kier molecular flexibility index (Phi) is 6.59. The first-order chi connectivity index (χ1) is 12.6. The fraction of sp³-hybridized carbons (Fsp3) is 0.750. The number of carbonyl (C=O) groups is 1. The van der Waals surface area contributed by atoms with Crippen molar-refractivity contribution in [1.82, 2.24) is 19.8 Å². The SMILES string of the molecule is CCCOCCN1CCC[C@]2(CCC(=O)N(Cc3cnc(C)cn3)C2)C1. The first-order valence-electron chi connectivity index (χ1n) is 9.96. The molecule has 1 atom stereocenters. The van der Waals surface area contributed by atoms with Crippen molar-refractivity contribution in [3.05, 3.63) is 23.8 Å². The molecule has 1 spiro atoms. The van der Waals surface area contributed by atoms with E-state index in [-0.39, 0.29) is 11.3 Å². The van der Waals surface area contributed by atoms with E-state index >= 15 is 0 Å². The van der Waals surface area contributed by atoms with Gasteiger partial charge in [-0.15, -0.1) is 0 Å². The number of likely N-dealkylation sites (tertiary alicyclic amines) is 2. The van der Waals surface area contributed by atoms with Gasteiger partial charge in [0.1, 0.15) is 0 Å². The fourth-order valence-electron chi connectivity index (χ4n) is 4.22. The van der Waals surface area contributed by atoms with E-state index < -0.39 is 0 Å². The van der Waals surface area contributed by atoms with Crippen molar-refractivity contribution in [2.24, 2.45) is 5.41 Å². The minimum atomic E-state index is 0.231. The molecule has 0 N–H and O–H groups in total. The zero-order valence-corrected chi connectivity index (χ0v) is 16.2. The molecule has 2 aliphatic rings. The van der Waals surface area contributed by atoms with Crippen molar-refractivity contribution in [3.63, 3.8) is 0 Å². The van der Waals surface area contributed by atoms with Crippen LogP contribution in [0.15, 0.2) is 12.4 Å². The summed E-state index contributed by atoms with van der Waals surface area (Å²) in [5.74, 6) is 0.251. The van der Waals surface area contributed by atoms with Crippen LogP contribution in [0.5, 0.6) is 0 Å². The van der Waals surface area contributed by atoms with Gasteiger partial charge in [-0.05, 0) is 39.2 Å². The molecule has 1 aromatic heterocycles. The Morgan fingerprint density at radius 3 is 2.85 bits per heavy atom. The Balaban J connectivity index is 1.58. The molecule has 2 saturated heterocycles. The number of ether oxygens (including phenoxy) is 1. The molecular weight excluding hydrogens is 328 g/mol. The third-order valence-corrected chi connectivity index (χ3v) is 5.58. The average Bonchev–Trinajstić information content (AvgIpc) is 2.64. The number of hydrogen-bond acceptors (Lipinski definition) is 5. The minimum Gasteiger partial charge on any atom is -0.380 e. The topological polar surface area (TPSA) is 58.6 Å². The first-order valence-corrected chi connectivity index (χ1v) is 9.96. The molecule has 144 valence electrons. The monoisotopic (exact) mass is 360 g/mol. The van der Waals surface area contributed by atoms with E-state index in [0.29, 0.717) is 13.0 Å². The number of piperidine rings is 2. The van der Waals surface area contributed by atoms with Gasteiger partial charge in [-0.2, -0.15) is 0 Å². The Bertz CT molecular complexity index is 592. The van der Waals surface area contributed by atoms with Crippen LogP contribution in [-0.4, -0.2) is 65.1 Å². The molecule has 1 aromatic rings. The second-order valence-corrected chi connectivity index (χ2v) is 7.89. The molecule has 6 heteroatoms. The number of carbonyl (C=O) groups excluding carboxylic acids is 1. The van der Waals surface area contributed by atoms with Crippen molar-refractivity contribution in [2.75, 3.05) is 39.4 Å². The van der Waals surface area contributed by atoms with Gasteiger partial charge in [-0.25, -0.2) is 0 Å². The summed E-state index contributed by atoms with van der Waals surface area (Å²) in [6.45, 7) is 10.4. The molecule has 3 heterocycles. The van der Waals surface area contributed by atoms with E-state index in [1.807, 2.05) is 11.8 Å². The van der Waals surface area contributed by atoms with Crippen LogP contribution < -0.4 is 0 Å². The van der Waals surface area contributed by atoms with E-state index in [9.17, 15) is 4.79 Å². The fourth-order valence-corrected chi connectivity index (χ4v) is 4.22. The number of nitrogens with zero attached hydrogens (tertiary/aromatic N) is 4. The van der Waals surface area contributed by atoms with Crippen molar-refractivity contribution in [3.8, 4) is 0 Å². The average molecular weight is 361 g/mol. The third-order valence-electron chi connectivity index (χ3n) is 5.58. The van der Waals surface area contributed by atoms with Crippen LogP contribution in [0.1, 0.15) is 50.4 Å². The summed E-state index contributed by atoms with van der Waals surface area (Å²) < 4.78 is 5.67. The van der Waals surface area contributed by atoms with Crippen LogP contribution in [0.3, 0.4) is 0 Å². The highest BCUT2D eigenvalue weighted by Crippen LogP contribution is 2.39. The third kappa shape index (κ3) is 5.01. The molecule has 0 radical (unpaired) electrons. The molecule has 2 fully saturated rings. The van der Waals surface area contributed by atoms with Crippen LogP contribution in [0.4, 0.5) is 0 Å². The second kappa shape index (κ2) is 8.91. The highest BCUT2D eigenvalue weighted by atomic mass is 16.5. The maximum Gasteiger partial charge on any atom is 0.222 e. The predicted molar refractivity (Wildman–Crippen MR) is 101 cm³/mol. The van der Waals surface area contributed by atoms with Crippen molar-refractivity contribution >= 4 is 5.91 Å². The maximum atomic E-state index is 12.5. The van der Waals surface area contributed by atoms with Crippen LogP contribution in [0.2, 0.25) is 0 Å². The molecule has 0 aromatic carbocycles. The van der Waals surface area contributed by atoms with Gasteiger partial charge >= 0.3 is 0 Å². The summed E-state index contributed by atoms with van der Waals surface area (Å²) in [5, 5.41) is 0. The van der Waals surface area contributed by atoms with Crippen LogP contribution in [0, 0.1) is 12.3 Å². The van der Waals surface area contributed by atoms with Crippen molar-refractivity contribution in [1.29, 1.82) is 0 Å². The van der Waals surface area contributed by atoms with E-state index in [2.05, 4.69) is 21.8 Å². The molecule has 3 rings (SSSR count). The summed E-state index contributed by atoms with van der Waals surface area (Å²) in [4.78, 5) is 25.7. The van der Waals surface area contributed by atoms with Crippen molar-refractivity contribution in [2.45, 2.75) is 52.5 Å². The standard InChI is InChI=1S/C20H32N4O2/c1-3-10-26-11-9-23-8-4-6-20(15-23)7-5-19(25)24(16-20)14-18-13-21-17(2)12-22-18/h12-13H,3-11,14-16H2,1-2H3/t20-/m0/s1. The van der Waals surface area contributed by atoms with Gasteiger partial charge < -0.3 is 14.5 Å². The highest BCUT2D eigenvalue weighted by Gasteiger charge is 2.41. The Morgan fingerprint density at radius 2 is 2.08 bits per heavy atom. The Labute approximate surface area is 156 Å². The lowest BCUT2D eigenvalue weighted by Crippen LogP contribution is -2.54. The Hall–Kier alpha value is -1.53. The van der Waals surface area contributed by atoms with Gasteiger partial charge in [0.15, 0.2) is 0 Å². The van der Waals surface area contributed by atoms with Gasteiger partial charge in [0.25, 0.3) is 0 Å². The largest absolute Gasteiger partial charge is 0.380 e. The lowest BCUT2D eigenvalue weighted by molar-refractivity contribution is -0.140. The zero-order valence-electron chi connectivity index (χ0n) is 16.2. The van der Waals surface area contributed by atoms with Gasteiger partial charge in [-0.1, -0.05) is 6.92 Å². The zero-order chi connectivity index (χ0) is 18.4. The van der Waals surface area contributed by atoms with E-state index in [4.69, 9.17) is 4.74 Å². The molecule has 1 amide bonds. The number of aromatic nitrogens is 2. The van der Waals surface area contributed by atoms with Crippen LogP contribution in [-0.2, 0) is 16.1 Å². The molecule has 0 saturated carbocycles. The molecule has 2 aliphatic heterocycles. The lowest BCUT2D eigenvalue weighted by atomic mass is 9.73. The summed E-state index contributed by atoms with van der Waals surface area (Å²) >= 11 is 0. The smallest absolute Gasteiger partial charge is 0.222 e. The van der Waals surface area contributed by atoms with E-state index in [1.165, 1.54) is 12.8 Å². The normalized spacial score (nSPS) is 24.4. The summed E-state index contributed by atoms with van der Waals surface area (Å²) in [5.41, 5.74) is 2.01. The molecule has 0 unspecified atom stereocenters. The molecule has 6 nitrogen and oxygen atoms in total. The summed E-state index contributed by atoms with van der Waals surface area (Å²) in [6, 6.07) is 0. The van der Waals surface area contributed by atoms with Gasteiger partial charge in [0.05, 0.1) is 30.7 Å². The molecular formula is C20H32N4O2. The quantitative estimate of drug-likeness (QED) is 0.699. The Morgan fingerprint density at radius 1 is 1.19 bits per heavy atom. The number of amides is 1. The number of rotatable bonds is 7. The molecule has 0 aliphatic carbocycles. The van der Waals surface area contributed by atoms with Crippen LogP contribution >= 0.6 is 0 Å². The number of hydrogen-bond donors (Lipinski definition) is 0. The molecule has 0 bridgehead atoms. The second-order valence-electron chi connectivity index (χ2n) is 7.89. The van der Waals surface area contributed by atoms with Crippen molar-refractivity contribution < 1.29 is 9.53 Å². The summed E-state index contributed by atoms with van der Waals surface area (Å²) in [7, 11) is 0. The predicted octanol–water partition coefficient (Wildman–Crippen LogP) is 2.42. The highest BCUT2D eigenvalue weighted by molar-refractivity contribution is 5.77. The van der Waals surface area contributed by atoms with E-state index in [1.54, 1.807) is 12.4 Å².